The van der Waals surface area contributed by atoms with Crippen molar-refractivity contribution in [3.8, 4) is 0 Å². The maximum absolute atomic E-state index is 9.75. The smallest absolute Gasteiger partial charge is 0.418 e. The molecule has 0 aromatic heterocycles. The first-order chi connectivity index (χ1) is 17.3. The van der Waals surface area contributed by atoms with Gasteiger partial charge in [0.2, 0.25) is 0 Å². The van der Waals surface area contributed by atoms with Crippen LogP contribution in [0.15, 0.2) is 91.0 Å². The van der Waals surface area contributed by atoms with Crippen LogP contribution in [-0.2, 0) is 6.16 Å². The summed E-state index contributed by atoms with van der Waals surface area (Å²) in [6, 6.07) is 34.7. The van der Waals surface area contributed by atoms with Gasteiger partial charge in [0.25, 0.3) is 0 Å². The molecule has 0 saturated heterocycles. The summed E-state index contributed by atoms with van der Waals surface area (Å²) in [7, 11) is -6.00. The van der Waals surface area contributed by atoms with Gasteiger partial charge in [0, 0.05) is 0 Å². The van der Waals surface area contributed by atoms with Crippen LogP contribution in [0.1, 0.15) is 67.9 Å². The van der Waals surface area contributed by atoms with Crippen molar-refractivity contribution < 1.29 is 17.3 Å². The van der Waals surface area contributed by atoms with Crippen LogP contribution < -0.4 is 10.6 Å². The Labute approximate surface area is 229 Å². The van der Waals surface area contributed by atoms with Gasteiger partial charge in [-0.1, -0.05) is 0 Å². The Morgan fingerprint density at radius 1 is 0.500 bits per heavy atom. The second-order valence-electron chi connectivity index (χ2n) is 13.3. The number of hydrogen-bond donors (Lipinski definition) is 0. The third-order valence-electron chi connectivity index (χ3n) is 7.86. The van der Waals surface area contributed by atoms with Gasteiger partial charge in [0.1, 0.15) is 0 Å². The zero-order valence-corrected chi connectivity index (χ0v) is 26.5. The predicted molar refractivity (Wildman–Crippen MR) is 168 cm³/mol. The minimum absolute atomic E-state index is 0.205. The monoisotopic (exact) mass is 567 g/mol. The minimum Gasteiger partial charge on any atom is -0.418 e. The van der Waals surface area contributed by atoms with Crippen molar-refractivity contribution >= 4 is 31.8 Å². The number of hydrogen-bond acceptors (Lipinski definition) is 0. The van der Waals surface area contributed by atoms with Crippen LogP contribution in [0, 0.1) is 0 Å². The Kier molecular flexibility index (Phi) is 10.1. The van der Waals surface area contributed by atoms with Crippen molar-refractivity contribution in [2.45, 2.75) is 83.9 Å². The van der Waals surface area contributed by atoms with E-state index in [4.69, 9.17) is 0 Å². The number of halogens is 4. The summed E-state index contributed by atoms with van der Waals surface area (Å²) in [6.07, 6.45) is 1.15. The zero-order valence-electron chi connectivity index (χ0n) is 24.5. The van der Waals surface area contributed by atoms with Gasteiger partial charge in [0.05, 0.1) is 0 Å². The third-order valence-corrected chi connectivity index (χ3v) is 32.3. The van der Waals surface area contributed by atoms with Crippen LogP contribution in [0.4, 0.5) is 17.3 Å². The second kappa shape index (κ2) is 11.8. The molecule has 0 amide bonds. The molecule has 0 aliphatic heterocycles. The quantitative estimate of drug-likeness (QED) is 0.164. The molecule has 0 bridgehead atoms. The average molecular weight is 567 g/mol. The Balaban J connectivity index is 0.000000926. The van der Waals surface area contributed by atoms with E-state index < -0.39 is 21.2 Å². The van der Waals surface area contributed by atoms with Crippen molar-refractivity contribution in [3.05, 3.63) is 96.6 Å². The summed E-state index contributed by atoms with van der Waals surface area (Å²) in [5.41, 5.74) is 1.48. The Morgan fingerprint density at radius 3 is 1.03 bits per heavy atom. The summed E-state index contributed by atoms with van der Waals surface area (Å²) in [5, 5.41) is 3.82. The summed E-state index contributed by atoms with van der Waals surface area (Å²) >= 11 is 0. The van der Waals surface area contributed by atoms with Crippen molar-refractivity contribution in [1.82, 2.24) is 0 Å². The molecule has 0 heterocycles. The molecule has 0 aliphatic carbocycles. The first-order valence-electron chi connectivity index (χ1n) is 13.3. The first-order valence-corrected chi connectivity index (χ1v) is 18.5. The van der Waals surface area contributed by atoms with E-state index in [1.165, 1.54) is 5.56 Å². The molecule has 3 aromatic carbocycles. The second-order valence-corrected chi connectivity index (χ2v) is 27.4. The van der Waals surface area contributed by atoms with Gasteiger partial charge in [-0.3, -0.25) is 0 Å². The van der Waals surface area contributed by atoms with E-state index in [0.717, 1.165) is 6.16 Å². The van der Waals surface area contributed by atoms with Gasteiger partial charge in [0.15, 0.2) is 0 Å². The molecule has 7 heteroatoms. The maximum Gasteiger partial charge on any atom is 0.673 e. The van der Waals surface area contributed by atoms with E-state index in [0.29, 0.717) is 0 Å². The van der Waals surface area contributed by atoms with Crippen LogP contribution in [-0.4, -0.2) is 22.7 Å². The molecular weight excluding hydrogens is 521 g/mol. The summed E-state index contributed by atoms with van der Waals surface area (Å²) in [5.74, 6) is 0. The Morgan fingerprint density at radius 2 is 0.763 bits per heavy atom. The van der Waals surface area contributed by atoms with E-state index >= 15 is 0 Å². The van der Waals surface area contributed by atoms with Crippen LogP contribution in [0.5, 0.6) is 0 Å². The molecule has 0 nitrogen and oxygen atoms in total. The molecule has 0 saturated carbocycles. The molecule has 3 rings (SSSR count). The fraction of sp³-hybridized carbons (Fsp3) is 0.419. The molecule has 3 aromatic rings. The van der Waals surface area contributed by atoms with Crippen LogP contribution in [0.3, 0.4) is 0 Å². The third kappa shape index (κ3) is 6.71. The van der Waals surface area contributed by atoms with E-state index in [-0.39, 0.29) is 15.5 Å². The van der Waals surface area contributed by atoms with Crippen molar-refractivity contribution in [2.75, 3.05) is 0 Å². The van der Waals surface area contributed by atoms with Crippen LogP contribution in [0.2, 0.25) is 0 Å². The molecule has 38 heavy (non-hydrogen) atoms. The van der Waals surface area contributed by atoms with Gasteiger partial charge in [-0.25, -0.2) is 0 Å². The van der Waals surface area contributed by atoms with Crippen molar-refractivity contribution in [3.63, 3.8) is 0 Å². The van der Waals surface area contributed by atoms with Gasteiger partial charge in [-0.15, -0.1) is 0 Å². The summed E-state index contributed by atoms with van der Waals surface area (Å²) < 4.78 is 39.0. The fourth-order valence-corrected chi connectivity index (χ4v) is 39.9. The van der Waals surface area contributed by atoms with Crippen molar-refractivity contribution in [1.29, 1.82) is 0 Å². The van der Waals surface area contributed by atoms with Gasteiger partial charge in [-0.2, -0.15) is 0 Å². The Bertz CT molecular complexity index is 1050. The minimum atomic E-state index is -6.00. The predicted octanol–water partition coefficient (Wildman–Crippen LogP) is 9.95. The van der Waals surface area contributed by atoms with E-state index in [9.17, 15) is 17.3 Å². The maximum atomic E-state index is 9.75. The van der Waals surface area contributed by atoms with Gasteiger partial charge < -0.3 is 17.3 Å². The van der Waals surface area contributed by atoms with Gasteiger partial charge >= 0.3 is 212 Å². The van der Waals surface area contributed by atoms with E-state index in [1.807, 2.05) is 0 Å². The first kappa shape index (κ1) is 32.5. The number of benzene rings is 3. The van der Waals surface area contributed by atoms with Crippen LogP contribution >= 0.6 is 13.9 Å². The molecule has 212 valence electrons. The topological polar surface area (TPSA) is 0 Å². The summed E-state index contributed by atoms with van der Waals surface area (Å²) in [4.78, 5) is 0. The van der Waals surface area contributed by atoms with Gasteiger partial charge in [-0.05, 0) is 0 Å². The fourth-order valence-electron chi connectivity index (χ4n) is 8.58. The Hall–Kier alpha value is -1.70. The standard InChI is InChI=1S/C31H46P2.BF4/c1-29(2,3)33(30(4,5)6,31(7,8)9)32(27-21-15-11-16-22-27,28-23-17-12-18-24-28)25-26-19-13-10-14-20-26;2-1(3,4)5/h10-24,32-33H,25H2,1-9H3;/q;-1. The summed E-state index contributed by atoms with van der Waals surface area (Å²) in [6.45, 7) is 18.5. The normalized spacial score (nSPS) is 14.3. The molecule has 0 N–H and O–H groups in total. The largest absolute Gasteiger partial charge is 0.673 e. The average Bonchev–Trinajstić information content (AvgIpc) is 2.76. The molecular formula is C31H46BF4P2-. The van der Waals surface area contributed by atoms with Crippen molar-refractivity contribution in [2.24, 2.45) is 0 Å². The SMILES string of the molecule is CC(C)(C)[PH](C(C)(C)C)(C(C)(C)C)[PH](Cc1ccccc1)(c1ccccc1)c1ccccc1.F[B-](F)(F)F. The molecule has 0 aliphatic rings. The molecule has 0 unspecified atom stereocenters. The van der Waals surface area contributed by atoms with E-state index in [1.54, 1.807) is 10.6 Å². The molecule has 0 radical (unpaired) electrons. The van der Waals surface area contributed by atoms with E-state index in [2.05, 4.69) is 153 Å². The van der Waals surface area contributed by atoms with Crippen LogP contribution in [0.25, 0.3) is 0 Å². The molecule has 0 fully saturated rings. The zero-order chi connectivity index (χ0) is 29.0. The number of rotatable bonds is 5. The molecule has 0 spiro atoms. The molecule has 0 atom stereocenters.